The Bertz CT molecular complexity index is 552. The number of benzene rings is 1. The minimum Gasteiger partial charge on any atom is -0.493 e. The first-order valence-corrected chi connectivity index (χ1v) is 6.43. The zero-order valence-corrected chi connectivity index (χ0v) is 11.7. The molecule has 2 aromatic rings. The van der Waals surface area contributed by atoms with Crippen LogP contribution in [0.3, 0.4) is 0 Å². The van der Waals surface area contributed by atoms with E-state index in [0.717, 1.165) is 33.5 Å². The Hall–Kier alpha value is -1.75. The number of aryl methyl sites for hydroxylation is 1. The largest absolute Gasteiger partial charge is 0.493 e. The summed E-state index contributed by atoms with van der Waals surface area (Å²) in [7, 11) is 5.14. The lowest BCUT2D eigenvalue weighted by molar-refractivity contribution is 0.355. The molecule has 0 saturated carbocycles. The van der Waals surface area contributed by atoms with Crippen LogP contribution in [0.25, 0.3) is 10.6 Å². The van der Waals surface area contributed by atoms with E-state index in [2.05, 4.69) is 10.3 Å². The predicted octanol–water partition coefficient (Wildman–Crippen LogP) is 3.18. The average molecular weight is 264 g/mol. The van der Waals surface area contributed by atoms with Crippen LogP contribution in [0.1, 0.15) is 5.56 Å². The number of nitrogens with one attached hydrogen (secondary N) is 1. The van der Waals surface area contributed by atoms with Gasteiger partial charge in [0.1, 0.15) is 10.8 Å². The van der Waals surface area contributed by atoms with Gasteiger partial charge >= 0.3 is 0 Å². The van der Waals surface area contributed by atoms with Crippen LogP contribution in [0.2, 0.25) is 0 Å². The maximum absolute atomic E-state index is 5.32. The van der Waals surface area contributed by atoms with Crippen LogP contribution in [-0.4, -0.2) is 26.3 Å². The van der Waals surface area contributed by atoms with Gasteiger partial charge in [-0.2, -0.15) is 0 Å². The SMILES string of the molecule is CNc1csc(-c2cc(OC)c(OC)cc2C)n1. The van der Waals surface area contributed by atoms with Crippen LogP contribution in [0.4, 0.5) is 5.82 Å². The average Bonchev–Trinajstić information content (AvgIpc) is 2.86. The summed E-state index contributed by atoms with van der Waals surface area (Å²) in [6, 6.07) is 3.93. The van der Waals surface area contributed by atoms with E-state index in [1.54, 1.807) is 25.6 Å². The normalized spacial score (nSPS) is 10.2. The molecular weight excluding hydrogens is 248 g/mol. The lowest BCUT2D eigenvalue weighted by atomic mass is 10.1. The molecule has 0 spiro atoms. The number of ether oxygens (including phenoxy) is 2. The first-order valence-electron chi connectivity index (χ1n) is 5.56. The fourth-order valence-corrected chi connectivity index (χ4v) is 2.62. The standard InChI is InChI=1S/C13H16N2O2S/c1-8-5-10(16-3)11(17-4)6-9(8)13-15-12(14-2)7-18-13/h5-7,14H,1-4H3. The Morgan fingerprint density at radius 1 is 1.17 bits per heavy atom. The van der Waals surface area contributed by atoms with Crippen molar-refractivity contribution in [2.45, 2.75) is 6.92 Å². The van der Waals surface area contributed by atoms with Crippen LogP contribution < -0.4 is 14.8 Å². The highest BCUT2D eigenvalue weighted by molar-refractivity contribution is 7.13. The van der Waals surface area contributed by atoms with Crippen LogP contribution in [-0.2, 0) is 0 Å². The van der Waals surface area contributed by atoms with Crippen molar-refractivity contribution in [2.24, 2.45) is 0 Å². The number of aromatic nitrogens is 1. The zero-order chi connectivity index (χ0) is 13.1. The van der Waals surface area contributed by atoms with E-state index in [9.17, 15) is 0 Å². The Labute approximate surface area is 111 Å². The van der Waals surface area contributed by atoms with Gasteiger partial charge in [-0.3, -0.25) is 0 Å². The molecule has 0 aliphatic heterocycles. The van der Waals surface area contributed by atoms with Gasteiger partial charge in [0, 0.05) is 18.0 Å². The summed E-state index contributed by atoms with van der Waals surface area (Å²) in [6.45, 7) is 2.04. The molecule has 0 saturated heterocycles. The van der Waals surface area contributed by atoms with E-state index in [1.807, 2.05) is 31.5 Å². The van der Waals surface area contributed by atoms with Gasteiger partial charge in [0.25, 0.3) is 0 Å². The minimum atomic E-state index is 0.722. The number of methoxy groups -OCH3 is 2. The first-order chi connectivity index (χ1) is 8.69. The molecule has 0 unspecified atom stereocenters. The summed E-state index contributed by atoms with van der Waals surface area (Å²) in [6.07, 6.45) is 0. The van der Waals surface area contributed by atoms with Crippen LogP contribution in [0.5, 0.6) is 11.5 Å². The van der Waals surface area contributed by atoms with Gasteiger partial charge in [0.05, 0.1) is 14.2 Å². The highest BCUT2D eigenvalue weighted by atomic mass is 32.1. The molecule has 0 atom stereocenters. The summed E-state index contributed by atoms with van der Waals surface area (Å²) < 4.78 is 10.6. The van der Waals surface area contributed by atoms with Gasteiger partial charge in [-0.25, -0.2) is 4.98 Å². The molecule has 4 nitrogen and oxygen atoms in total. The number of nitrogens with zero attached hydrogens (tertiary/aromatic N) is 1. The Morgan fingerprint density at radius 2 is 1.83 bits per heavy atom. The molecule has 1 aromatic heterocycles. The highest BCUT2D eigenvalue weighted by Gasteiger charge is 2.12. The molecule has 0 aliphatic rings. The Balaban J connectivity index is 2.50. The molecule has 18 heavy (non-hydrogen) atoms. The van der Waals surface area contributed by atoms with E-state index >= 15 is 0 Å². The molecule has 0 amide bonds. The van der Waals surface area contributed by atoms with Gasteiger partial charge in [-0.05, 0) is 24.6 Å². The van der Waals surface area contributed by atoms with Crippen molar-refractivity contribution in [3.63, 3.8) is 0 Å². The fourth-order valence-electron chi connectivity index (χ4n) is 1.72. The van der Waals surface area contributed by atoms with E-state index in [0.29, 0.717) is 0 Å². The second kappa shape index (κ2) is 5.27. The topological polar surface area (TPSA) is 43.4 Å². The van der Waals surface area contributed by atoms with Crippen LogP contribution in [0, 0.1) is 6.92 Å². The molecule has 96 valence electrons. The number of hydrogen-bond acceptors (Lipinski definition) is 5. The molecule has 0 aliphatic carbocycles. The summed E-state index contributed by atoms with van der Waals surface area (Å²) >= 11 is 1.60. The third-order valence-electron chi connectivity index (χ3n) is 2.72. The summed E-state index contributed by atoms with van der Waals surface area (Å²) in [5.41, 5.74) is 2.18. The van der Waals surface area contributed by atoms with Crippen LogP contribution >= 0.6 is 11.3 Å². The zero-order valence-electron chi connectivity index (χ0n) is 10.9. The summed E-state index contributed by atoms with van der Waals surface area (Å²) in [4.78, 5) is 4.50. The summed E-state index contributed by atoms with van der Waals surface area (Å²) in [5, 5.41) is 5.99. The number of hydrogen-bond donors (Lipinski definition) is 1. The number of anilines is 1. The molecule has 1 aromatic carbocycles. The van der Waals surface area contributed by atoms with Crippen molar-refractivity contribution >= 4 is 17.2 Å². The third kappa shape index (κ3) is 2.26. The number of rotatable bonds is 4. The van der Waals surface area contributed by atoms with Crippen molar-refractivity contribution in [2.75, 3.05) is 26.6 Å². The molecule has 0 bridgehead atoms. The highest BCUT2D eigenvalue weighted by Crippen LogP contribution is 2.36. The van der Waals surface area contributed by atoms with Crippen molar-refractivity contribution in [3.8, 4) is 22.1 Å². The van der Waals surface area contributed by atoms with Crippen molar-refractivity contribution < 1.29 is 9.47 Å². The predicted molar refractivity (Wildman–Crippen MR) is 74.9 cm³/mol. The van der Waals surface area contributed by atoms with Gasteiger partial charge in [0.15, 0.2) is 11.5 Å². The van der Waals surface area contributed by atoms with Gasteiger partial charge in [-0.1, -0.05) is 0 Å². The van der Waals surface area contributed by atoms with E-state index in [-0.39, 0.29) is 0 Å². The molecule has 5 heteroatoms. The Morgan fingerprint density at radius 3 is 2.39 bits per heavy atom. The Kier molecular flexibility index (Phi) is 3.72. The maximum Gasteiger partial charge on any atom is 0.161 e. The fraction of sp³-hybridized carbons (Fsp3) is 0.308. The second-order valence-corrected chi connectivity index (χ2v) is 4.67. The first kappa shape index (κ1) is 12.7. The summed E-state index contributed by atoms with van der Waals surface area (Å²) in [5.74, 6) is 2.34. The molecular formula is C13H16N2O2S. The van der Waals surface area contributed by atoms with E-state index in [1.165, 1.54) is 0 Å². The molecule has 0 radical (unpaired) electrons. The monoisotopic (exact) mass is 264 g/mol. The van der Waals surface area contributed by atoms with Gasteiger partial charge in [-0.15, -0.1) is 11.3 Å². The van der Waals surface area contributed by atoms with Crippen LogP contribution in [0.15, 0.2) is 17.5 Å². The number of thiazole rings is 1. The second-order valence-electron chi connectivity index (χ2n) is 3.81. The third-order valence-corrected chi connectivity index (χ3v) is 3.60. The van der Waals surface area contributed by atoms with E-state index in [4.69, 9.17) is 9.47 Å². The smallest absolute Gasteiger partial charge is 0.161 e. The van der Waals surface area contributed by atoms with Gasteiger partial charge in [0.2, 0.25) is 0 Å². The van der Waals surface area contributed by atoms with Gasteiger partial charge < -0.3 is 14.8 Å². The lowest BCUT2D eigenvalue weighted by Gasteiger charge is -2.11. The molecule has 2 rings (SSSR count). The molecule has 1 N–H and O–H groups in total. The molecule has 1 heterocycles. The van der Waals surface area contributed by atoms with Crippen molar-refractivity contribution in [3.05, 3.63) is 23.1 Å². The van der Waals surface area contributed by atoms with Crippen molar-refractivity contribution in [1.82, 2.24) is 4.98 Å². The molecule has 0 fully saturated rings. The lowest BCUT2D eigenvalue weighted by Crippen LogP contribution is -1.93. The minimum absolute atomic E-state index is 0.722. The maximum atomic E-state index is 5.32. The van der Waals surface area contributed by atoms with Crippen molar-refractivity contribution in [1.29, 1.82) is 0 Å². The quantitative estimate of drug-likeness (QED) is 0.921. The van der Waals surface area contributed by atoms with E-state index < -0.39 is 0 Å².